The second kappa shape index (κ2) is 17.3. The highest BCUT2D eigenvalue weighted by Crippen LogP contribution is 2.57. The van der Waals surface area contributed by atoms with Gasteiger partial charge in [-0.15, -0.1) is 0 Å². The number of hydrogen-bond acceptors (Lipinski definition) is 6. The zero-order chi connectivity index (χ0) is 31.3. The lowest BCUT2D eigenvalue weighted by atomic mass is 9.70. The van der Waals surface area contributed by atoms with E-state index in [0.29, 0.717) is 26.4 Å². The molecule has 0 saturated heterocycles. The molecule has 0 aromatic heterocycles. The number of unbranched alkanes of at least 4 members (excludes halogenated alkanes) is 6. The Morgan fingerprint density at radius 1 is 0.698 bits per heavy atom. The van der Waals surface area contributed by atoms with Gasteiger partial charge in [-0.25, -0.2) is 0 Å². The smallest absolute Gasteiger partial charge is 0.335 e. The van der Waals surface area contributed by atoms with Gasteiger partial charge in [0.25, 0.3) is 5.53 Å². The maximum Gasteiger partial charge on any atom is 0.335 e. The van der Waals surface area contributed by atoms with E-state index in [9.17, 15) is 9.13 Å². The first-order chi connectivity index (χ1) is 20.8. The van der Waals surface area contributed by atoms with Crippen molar-refractivity contribution in [1.29, 1.82) is 0 Å². The maximum absolute atomic E-state index is 13.6. The van der Waals surface area contributed by atoms with Crippen LogP contribution in [0.1, 0.15) is 128 Å². The molecule has 8 heteroatoms. The molecular weight excluding hydrogens is 578 g/mol. The first-order valence-corrected chi connectivity index (χ1v) is 19.2. The summed E-state index contributed by atoms with van der Waals surface area (Å²) in [7, 11) is -3.48. The second-order valence-corrected chi connectivity index (χ2v) is 14.3. The maximum atomic E-state index is 13.6. The third kappa shape index (κ3) is 8.46. The molecule has 0 atom stereocenters. The molecule has 0 saturated carbocycles. The van der Waals surface area contributed by atoms with Gasteiger partial charge in [-0.1, -0.05) is 95.5 Å². The lowest BCUT2D eigenvalue weighted by molar-refractivity contribution is -0.176. The molecule has 0 N–H and O–H groups in total. The highest BCUT2D eigenvalue weighted by molar-refractivity contribution is 7.53. The molecule has 0 radical (unpaired) electrons. The van der Waals surface area contributed by atoms with Gasteiger partial charge in [0.2, 0.25) is 8.46 Å². The van der Waals surface area contributed by atoms with Gasteiger partial charge >= 0.3 is 7.60 Å². The van der Waals surface area contributed by atoms with Crippen molar-refractivity contribution >= 4 is 16.1 Å². The van der Waals surface area contributed by atoms with E-state index in [1.54, 1.807) is 0 Å². The van der Waals surface area contributed by atoms with E-state index in [4.69, 9.17) is 18.5 Å². The molecule has 43 heavy (non-hydrogen) atoms. The summed E-state index contributed by atoms with van der Waals surface area (Å²) in [5, 5.41) is 0. The van der Waals surface area contributed by atoms with Gasteiger partial charge in [0, 0.05) is 24.2 Å². The molecule has 2 aromatic carbocycles. The SMILES string of the molecule is CCCCCCC1(CCCCCC)c2cc(CP(=O)(OCC)OCC)ccc2-c2ccc(C(OCC)(OCC)P=O)cc21. The molecule has 0 unspecified atom stereocenters. The highest BCUT2D eigenvalue weighted by atomic mass is 31.2. The van der Waals surface area contributed by atoms with Crippen LogP contribution < -0.4 is 0 Å². The van der Waals surface area contributed by atoms with Crippen LogP contribution in [0.5, 0.6) is 0 Å². The largest absolute Gasteiger partial charge is 0.337 e. The minimum Gasteiger partial charge on any atom is -0.337 e. The fraction of sp³-hybridized carbons (Fsp3) is 0.657. The van der Waals surface area contributed by atoms with E-state index in [0.717, 1.165) is 36.8 Å². The summed E-state index contributed by atoms with van der Waals surface area (Å²) >= 11 is 0. The van der Waals surface area contributed by atoms with Crippen LogP contribution in [0.25, 0.3) is 11.1 Å². The molecule has 0 aliphatic heterocycles. The standard InChI is InChI=1S/C35H54O6P2/c1-7-13-15-17-23-34(24-18-16-14-8-2)32-25-28(27-43(37,40-11-5)41-12-6)19-21-30(32)31-22-20-29(26-33(31)34)35(42-36,38-9-3)39-10-4/h19-22,25-26H,7-18,23-24,27H2,1-6H3. The summed E-state index contributed by atoms with van der Waals surface area (Å²) in [4.78, 5) is 0. The second-order valence-electron chi connectivity index (χ2n) is 11.5. The molecule has 2 aromatic rings. The lowest BCUT2D eigenvalue weighted by Gasteiger charge is -2.34. The molecule has 3 rings (SSSR count). The Morgan fingerprint density at radius 3 is 1.72 bits per heavy atom. The first-order valence-electron chi connectivity index (χ1n) is 16.6. The number of rotatable bonds is 22. The molecule has 240 valence electrons. The normalized spacial score (nSPS) is 14.3. The summed E-state index contributed by atoms with van der Waals surface area (Å²) in [6.45, 7) is 13.5. The Labute approximate surface area is 262 Å². The van der Waals surface area contributed by atoms with Crippen molar-refractivity contribution < 1.29 is 27.7 Å². The zero-order valence-corrected chi connectivity index (χ0v) is 29.2. The minimum absolute atomic E-state index is 0.216. The number of hydrogen-bond donors (Lipinski definition) is 0. The molecule has 1 aliphatic carbocycles. The predicted octanol–water partition coefficient (Wildman–Crippen LogP) is 11.1. The van der Waals surface area contributed by atoms with Crippen molar-refractivity contribution in [3.63, 3.8) is 0 Å². The fourth-order valence-electron chi connectivity index (χ4n) is 6.66. The van der Waals surface area contributed by atoms with E-state index in [-0.39, 0.29) is 20.0 Å². The summed E-state index contributed by atoms with van der Waals surface area (Å²) in [5.74, 6) is 0. The summed E-state index contributed by atoms with van der Waals surface area (Å²) in [6.07, 6.45) is 11.7. The van der Waals surface area contributed by atoms with Gasteiger partial charge in [-0.05, 0) is 74.4 Å². The fourth-order valence-corrected chi connectivity index (χ4v) is 8.95. The van der Waals surface area contributed by atoms with Crippen LogP contribution in [0.3, 0.4) is 0 Å². The van der Waals surface area contributed by atoms with Crippen LogP contribution >= 0.6 is 16.1 Å². The molecule has 6 nitrogen and oxygen atoms in total. The van der Waals surface area contributed by atoms with Gasteiger partial charge in [0.15, 0.2) is 0 Å². The van der Waals surface area contributed by atoms with Crippen LogP contribution in [0.2, 0.25) is 0 Å². The summed E-state index contributed by atoms with van der Waals surface area (Å²) in [6, 6.07) is 12.9. The molecule has 0 fully saturated rings. The van der Waals surface area contributed by atoms with E-state index < -0.39 is 13.1 Å². The Balaban J connectivity index is 2.22. The monoisotopic (exact) mass is 632 g/mol. The third-order valence-electron chi connectivity index (χ3n) is 8.53. The molecular formula is C35H54O6P2. The van der Waals surface area contributed by atoms with Crippen LogP contribution in [0.15, 0.2) is 36.4 Å². The van der Waals surface area contributed by atoms with Crippen molar-refractivity contribution in [3.8, 4) is 11.1 Å². The molecule has 0 heterocycles. The van der Waals surface area contributed by atoms with E-state index in [2.05, 4.69) is 44.2 Å². The number of ether oxygens (including phenoxy) is 2. The molecule has 0 bridgehead atoms. The number of benzene rings is 2. The van der Waals surface area contributed by atoms with Crippen molar-refractivity contribution in [2.45, 2.75) is 123 Å². The Hall–Kier alpha value is -1.39. The van der Waals surface area contributed by atoms with E-state index in [1.165, 1.54) is 60.8 Å². The van der Waals surface area contributed by atoms with Crippen molar-refractivity contribution in [2.24, 2.45) is 0 Å². The highest BCUT2D eigenvalue weighted by Gasteiger charge is 2.45. The van der Waals surface area contributed by atoms with Crippen molar-refractivity contribution in [2.75, 3.05) is 26.4 Å². The zero-order valence-electron chi connectivity index (χ0n) is 27.4. The van der Waals surface area contributed by atoms with Gasteiger partial charge in [-0.2, -0.15) is 0 Å². The summed E-state index contributed by atoms with van der Waals surface area (Å²) < 4.78 is 49.7. The third-order valence-corrected chi connectivity index (χ3v) is 11.3. The van der Waals surface area contributed by atoms with Crippen molar-refractivity contribution in [3.05, 3.63) is 58.7 Å². The topological polar surface area (TPSA) is 71.1 Å². The summed E-state index contributed by atoms with van der Waals surface area (Å²) in [5.41, 5.74) is 5.18. The van der Waals surface area contributed by atoms with Gasteiger partial charge < -0.3 is 18.5 Å². The Bertz CT molecular complexity index is 1180. The average Bonchev–Trinajstić information content (AvgIpc) is 3.26. The Morgan fingerprint density at radius 2 is 1.23 bits per heavy atom. The Kier molecular flexibility index (Phi) is 14.6. The first kappa shape index (κ1) is 36.1. The quantitative estimate of drug-likeness (QED) is 0.0731. The van der Waals surface area contributed by atoms with Crippen LogP contribution in [-0.2, 0) is 44.8 Å². The van der Waals surface area contributed by atoms with Crippen LogP contribution in [0.4, 0.5) is 0 Å². The number of fused-ring (bicyclic) bond motifs is 3. The lowest BCUT2D eigenvalue weighted by Crippen LogP contribution is -2.29. The van der Waals surface area contributed by atoms with Gasteiger partial charge in [0.05, 0.1) is 19.4 Å². The van der Waals surface area contributed by atoms with Gasteiger partial charge in [-0.3, -0.25) is 9.13 Å². The average molecular weight is 633 g/mol. The van der Waals surface area contributed by atoms with Gasteiger partial charge in [0.1, 0.15) is 0 Å². The molecule has 1 aliphatic rings. The van der Waals surface area contributed by atoms with E-state index in [1.807, 2.05) is 33.8 Å². The predicted molar refractivity (Wildman–Crippen MR) is 177 cm³/mol. The molecule has 0 spiro atoms. The molecule has 0 amide bonds. The van der Waals surface area contributed by atoms with E-state index >= 15 is 0 Å². The van der Waals surface area contributed by atoms with Crippen LogP contribution in [0, 0.1) is 0 Å². The minimum atomic E-state index is -3.26. The van der Waals surface area contributed by atoms with Crippen LogP contribution in [-0.4, -0.2) is 26.4 Å². The van der Waals surface area contributed by atoms with Crippen molar-refractivity contribution in [1.82, 2.24) is 0 Å².